The predicted octanol–water partition coefficient (Wildman–Crippen LogP) is 4.33. The van der Waals surface area contributed by atoms with Gasteiger partial charge in [0.25, 0.3) is 0 Å². The Balaban J connectivity index is 2.00. The van der Waals surface area contributed by atoms with E-state index in [0.29, 0.717) is 0 Å². The normalized spacial score (nSPS) is 12.2. The van der Waals surface area contributed by atoms with E-state index in [9.17, 15) is 0 Å². The Bertz CT molecular complexity index is 578. The molecule has 0 aliphatic heterocycles. The summed E-state index contributed by atoms with van der Waals surface area (Å²) in [5.41, 5.74) is 11.3. The number of hydrogen-bond donors (Lipinski definition) is 1. The molecule has 0 heterocycles. The molecular weight excluding hydrogens is 258 g/mol. The number of aryl methyl sites for hydroxylation is 2. The molecule has 0 saturated carbocycles. The second-order valence-corrected chi connectivity index (χ2v) is 5.61. The van der Waals surface area contributed by atoms with Crippen LogP contribution in [0.25, 0.3) is 0 Å². The number of benzene rings is 2. The lowest BCUT2D eigenvalue weighted by atomic mass is 9.95. The summed E-state index contributed by atoms with van der Waals surface area (Å²) in [4.78, 5) is 0. The Labute approximate surface area is 127 Å². The molecule has 1 unspecified atom stereocenters. The number of rotatable bonds is 6. The number of methoxy groups -OCH3 is 1. The van der Waals surface area contributed by atoms with E-state index in [0.717, 1.165) is 30.6 Å². The van der Waals surface area contributed by atoms with Crippen molar-refractivity contribution in [2.45, 2.75) is 39.2 Å². The third kappa shape index (κ3) is 3.85. The summed E-state index contributed by atoms with van der Waals surface area (Å²) >= 11 is 0. The minimum atomic E-state index is 0.0305. The van der Waals surface area contributed by atoms with Gasteiger partial charge in [0.1, 0.15) is 5.75 Å². The Morgan fingerprint density at radius 1 is 1.05 bits per heavy atom. The van der Waals surface area contributed by atoms with Crippen molar-refractivity contribution < 1.29 is 4.74 Å². The maximum atomic E-state index is 6.37. The van der Waals surface area contributed by atoms with Crippen molar-refractivity contribution in [3.05, 3.63) is 64.7 Å². The molecule has 0 fully saturated rings. The van der Waals surface area contributed by atoms with Crippen molar-refractivity contribution in [2.24, 2.45) is 5.73 Å². The van der Waals surface area contributed by atoms with Crippen molar-refractivity contribution in [2.75, 3.05) is 7.11 Å². The van der Waals surface area contributed by atoms with Crippen molar-refractivity contribution in [1.29, 1.82) is 0 Å². The highest BCUT2D eigenvalue weighted by Gasteiger charge is 2.14. The topological polar surface area (TPSA) is 35.2 Å². The third-order valence-corrected chi connectivity index (χ3v) is 4.13. The predicted molar refractivity (Wildman–Crippen MR) is 88.8 cm³/mol. The van der Waals surface area contributed by atoms with Gasteiger partial charge in [-0.15, -0.1) is 0 Å². The average molecular weight is 283 g/mol. The Morgan fingerprint density at radius 3 is 2.43 bits per heavy atom. The standard InChI is InChI=1S/C19H25NO/c1-14-12-13-17(19(21-3)15(14)2)18(20)11-7-10-16-8-5-4-6-9-16/h4-6,8-9,12-13,18H,7,10-11,20H2,1-3H3. The van der Waals surface area contributed by atoms with Gasteiger partial charge < -0.3 is 10.5 Å². The first-order valence-corrected chi connectivity index (χ1v) is 7.57. The maximum Gasteiger partial charge on any atom is 0.126 e. The first-order chi connectivity index (χ1) is 10.1. The second kappa shape index (κ2) is 7.28. The highest BCUT2D eigenvalue weighted by atomic mass is 16.5. The van der Waals surface area contributed by atoms with Crippen LogP contribution in [0.15, 0.2) is 42.5 Å². The molecule has 112 valence electrons. The van der Waals surface area contributed by atoms with Gasteiger partial charge in [-0.3, -0.25) is 0 Å². The van der Waals surface area contributed by atoms with E-state index in [1.165, 1.54) is 16.7 Å². The fraction of sp³-hybridized carbons (Fsp3) is 0.368. The smallest absolute Gasteiger partial charge is 0.126 e. The third-order valence-electron chi connectivity index (χ3n) is 4.13. The van der Waals surface area contributed by atoms with Crippen LogP contribution in [0.4, 0.5) is 0 Å². The molecule has 0 spiro atoms. The summed E-state index contributed by atoms with van der Waals surface area (Å²) in [5.74, 6) is 0.946. The molecule has 2 aromatic carbocycles. The maximum absolute atomic E-state index is 6.37. The van der Waals surface area contributed by atoms with E-state index in [4.69, 9.17) is 10.5 Å². The molecule has 2 N–H and O–H groups in total. The van der Waals surface area contributed by atoms with Crippen LogP contribution in [-0.2, 0) is 6.42 Å². The summed E-state index contributed by atoms with van der Waals surface area (Å²) in [6.45, 7) is 4.19. The van der Waals surface area contributed by atoms with Gasteiger partial charge in [-0.2, -0.15) is 0 Å². The minimum absolute atomic E-state index is 0.0305. The molecule has 1 atom stereocenters. The van der Waals surface area contributed by atoms with Crippen LogP contribution >= 0.6 is 0 Å². The lowest BCUT2D eigenvalue weighted by molar-refractivity contribution is 0.400. The molecule has 2 nitrogen and oxygen atoms in total. The zero-order valence-corrected chi connectivity index (χ0v) is 13.2. The van der Waals surface area contributed by atoms with Crippen molar-refractivity contribution in [1.82, 2.24) is 0 Å². The first kappa shape index (κ1) is 15.6. The molecule has 0 aliphatic rings. The molecule has 0 saturated heterocycles. The number of hydrogen-bond acceptors (Lipinski definition) is 2. The monoisotopic (exact) mass is 283 g/mol. The Hall–Kier alpha value is -1.80. The Kier molecular flexibility index (Phi) is 5.40. The van der Waals surface area contributed by atoms with Crippen molar-refractivity contribution in [3.63, 3.8) is 0 Å². The van der Waals surface area contributed by atoms with Gasteiger partial charge in [0, 0.05) is 11.6 Å². The largest absolute Gasteiger partial charge is 0.496 e. The van der Waals surface area contributed by atoms with E-state index in [-0.39, 0.29) is 6.04 Å². The molecule has 0 radical (unpaired) electrons. The lowest BCUT2D eigenvalue weighted by Gasteiger charge is -2.18. The highest BCUT2D eigenvalue weighted by Crippen LogP contribution is 2.31. The van der Waals surface area contributed by atoms with Crippen molar-refractivity contribution >= 4 is 0 Å². The van der Waals surface area contributed by atoms with E-state index >= 15 is 0 Å². The van der Waals surface area contributed by atoms with E-state index in [1.807, 2.05) is 0 Å². The van der Waals surface area contributed by atoms with E-state index in [2.05, 4.69) is 56.3 Å². The van der Waals surface area contributed by atoms with Crippen LogP contribution in [0, 0.1) is 13.8 Å². The van der Waals surface area contributed by atoms with Crippen molar-refractivity contribution in [3.8, 4) is 5.75 Å². The van der Waals surface area contributed by atoms with Gasteiger partial charge >= 0.3 is 0 Å². The van der Waals surface area contributed by atoms with E-state index < -0.39 is 0 Å². The molecule has 0 bridgehead atoms. The van der Waals surface area contributed by atoms with Gasteiger partial charge in [-0.25, -0.2) is 0 Å². The van der Waals surface area contributed by atoms with Crippen LogP contribution in [0.5, 0.6) is 5.75 Å². The first-order valence-electron chi connectivity index (χ1n) is 7.57. The second-order valence-electron chi connectivity index (χ2n) is 5.61. The quantitative estimate of drug-likeness (QED) is 0.856. The fourth-order valence-electron chi connectivity index (χ4n) is 2.70. The average Bonchev–Trinajstić information content (AvgIpc) is 2.50. The molecule has 0 amide bonds. The summed E-state index contributed by atoms with van der Waals surface area (Å²) in [6, 6.07) is 14.8. The van der Waals surface area contributed by atoms with Gasteiger partial charge in [-0.05, 0) is 49.8 Å². The summed E-state index contributed by atoms with van der Waals surface area (Å²) in [5, 5.41) is 0. The van der Waals surface area contributed by atoms with Gasteiger partial charge in [0.2, 0.25) is 0 Å². The zero-order chi connectivity index (χ0) is 15.2. The molecule has 2 rings (SSSR count). The molecule has 21 heavy (non-hydrogen) atoms. The van der Waals surface area contributed by atoms with Crippen LogP contribution in [-0.4, -0.2) is 7.11 Å². The number of nitrogens with two attached hydrogens (primary N) is 1. The lowest BCUT2D eigenvalue weighted by Crippen LogP contribution is -2.13. The van der Waals surface area contributed by atoms with Gasteiger partial charge in [0.15, 0.2) is 0 Å². The van der Waals surface area contributed by atoms with Gasteiger partial charge in [0.05, 0.1) is 7.11 Å². The van der Waals surface area contributed by atoms with Gasteiger partial charge in [-0.1, -0.05) is 42.5 Å². The highest BCUT2D eigenvalue weighted by molar-refractivity contribution is 5.46. The zero-order valence-electron chi connectivity index (χ0n) is 13.2. The SMILES string of the molecule is COc1c(C(N)CCCc2ccccc2)ccc(C)c1C. The van der Waals surface area contributed by atoms with Crippen LogP contribution in [0.1, 0.15) is 41.1 Å². The molecule has 0 aromatic heterocycles. The summed E-state index contributed by atoms with van der Waals surface area (Å²) in [6.07, 6.45) is 3.12. The molecule has 0 aliphatic carbocycles. The fourth-order valence-corrected chi connectivity index (χ4v) is 2.70. The summed E-state index contributed by atoms with van der Waals surface area (Å²) < 4.78 is 5.56. The van der Waals surface area contributed by atoms with Crippen LogP contribution < -0.4 is 10.5 Å². The molecular formula is C19H25NO. The van der Waals surface area contributed by atoms with Crippen LogP contribution in [0.3, 0.4) is 0 Å². The van der Waals surface area contributed by atoms with E-state index in [1.54, 1.807) is 7.11 Å². The Morgan fingerprint density at radius 2 is 1.76 bits per heavy atom. The summed E-state index contributed by atoms with van der Waals surface area (Å²) in [7, 11) is 1.72. The van der Waals surface area contributed by atoms with Crippen LogP contribution in [0.2, 0.25) is 0 Å². The number of ether oxygens (including phenoxy) is 1. The molecule has 2 aromatic rings. The minimum Gasteiger partial charge on any atom is -0.496 e. The molecule has 2 heteroatoms.